The van der Waals surface area contributed by atoms with E-state index >= 15 is 0 Å². The van der Waals surface area contributed by atoms with Gasteiger partial charge in [0.15, 0.2) is 0 Å². The summed E-state index contributed by atoms with van der Waals surface area (Å²) in [4.78, 5) is 12.2. The number of aromatic nitrogens is 3. The number of rotatable bonds is 6. The highest BCUT2D eigenvalue weighted by molar-refractivity contribution is 7.99. The number of halogens is 1. The average molecular weight is 452 g/mol. The number of amides is 1. The van der Waals surface area contributed by atoms with Gasteiger partial charge in [-0.05, 0) is 46.3 Å². The number of hydrogen-bond donors (Lipinski definition) is 2. The van der Waals surface area contributed by atoms with Gasteiger partial charge in [0, 0.05) is 5.02 Å². The van der Waals surface area contributed by atoms with Crippen molar-refractivity contribution >= 4 is 46.3 Å². The molecule has 4 aromatic rings. The Kier molecular flexibility index (Phi) is 6.20. The molecular formula is C22H18ClN5O2S. The Bertz CT molecular complexity index is 1290. The second-order valence-electron chi connectivity index (χ2n) is 6.70. The van der Waals surface area contributed by atoms with Crippen LogP contribution in [-0.4, -0.2) is 28.1 Å². The summed E-state index contributed by atoms with van der Waals surface area (Å²) in [6.45, 7) is 0. The predicted molar refractivity (Wildman–Crippen MR) is 120 cm³/mol. The molecule has 0 aliphatic rings. The summed E-state index contributed by atoms with van der Waals surface area (Å²) in [6.07, 6.45) is 1.39. The van der Waals surface area contributed by atoms with Crippen molar-refractivity contribution in [2.45, 2.75) is 5.16 Å². The maximum absolute atomic E-state index is 12.2. The Morgan fingerprint density at radius 1 is 1.26 bits per heavy atom. The van der Waals surface area contributed by atoms with Gasteiger partial charge in [0.2, 0.25) is 0 Å². The fourth-order valence-corrected chi connectivity index (χ4v) is 4.02. The summed E-state index contributed by atoms with van der Waals surface area (Å²) in [6, 6.07) is 18.2. The van der Waals surface area contributed by atoms with Crippen LogP contribution in [0.15, 0.2) is 70.9 Å². The van der Waals surface area contributed by atoms with E-state index in [1.165, 1.54) is 24.0 Å². The van der Waals surface area contributed by atoms with Crippen molar-refractivity contribution in [3.05, 3.63) is 71.2 Å². The third-order valence-corrected chi connectivity index (χ3v) is 5.89. The molecule has 4 rings (SSSR count). The van der Waals surface area contributed by atoms with E-state index in [0.29, 0.717) is 15.7 Å². The molecule has 0 saturated carbocycles. The summed E-state index contributed by atoms with van der Waals surface area (Å²) in [5, 5.41) is 26.4. The number of nitrogens with zero attached hydrogens (tertiary/aromatic N) is 3. The lowest BCUT2D eigenvalue weighted by Crippen LogP contribution is -2.32. The molecule has 0 radical (unpaired) electrons. The minimum atomic E-state index is -0.304. The van der Waals surface area contributed by atoms with Crippen LogP contribution < -0.4 is 15.1 Å². The van der Waals surface area contributed by atoms with E-state index in [0.717, 1.165) is 22.2 Å². The Morgan fingerprint density at radius 2 is 2.10 bits per heavy atom. The summed E-state index contributed by atoms with van der Waals surface area (Å²) in [5.41, 5.74) is 3.80. The lowest BCUT2D eigenvalue weighted by molar-refractivity contribution is -0.698. The summed E-state index contributed by atoms with van der Waals surface area (Å²) >= 11 is 7.32. The maximum atomic E-state index is 12.2. The van der Waals surface area contributed by atoms with E-state index in [9.17, 15) is 9.90 Å². The highest BCUT2D eigenvalue weighted by atomic mass is 35.5. The predicted octanol–water partition coefficient (Wildman–Crippen LogP) is 3.02. The van der Waals surface area contributed by atoms with Crippen molar-refractivity contribution in [2.75, 3.05) is 5.75 Å². The molecule has 0 aliphatic carbocycles. The van der Waals surface area contributed by atoms with Gasteiger partial charge >= 0.3 is 5.16 Å². The average Bonchev–Trinajstić information content (AvgIpc) is 3.14. The van der Waals surface area contributed by atoms with Gasteiger partial charge in [-0.25, -0.2) is 9.99 Å². The Balaban J connectivity index is 1.39. The molecule has 0 fully saturated rings. The molecule has 1 amide bonds. The molecule has 0 spiro atoms. The number of hydrazone groups is 1. The van der Waals surface area contributed by atoms with Gasteiger partial charge in [-0.2, -0.15) is 5.10 Å². The van der Waals surface area contributed by atoms with Crippen LogP contribution in [0, 0.1) is 0 Å². The van der Waals surface area contributed by atoms with Crippen LogP contribution in [-0.2, 0) is 11.8 Å². The zero-order chi connectivity index (χ0) is 21.8. The van der Waals surface area contributed by atoms with Crippen molar-refractivity contribution in [2.24, 2.45) is 12.1 Å². The molecule has 0 unspecified atom stereocenters. The van der Waals surface area contributed by atoms with Gasteiger partial charge in [0.1, 0.15) is 0 Å². The number of carbonyl (C=O) groups excluding carboxylic acids is 1. The number of H-pyrrole nitrogens is 1. The van der Waals surface area contributed by atoms with E-state index in [-0.39, 0.29) is 17.4 Å². The van der Waals surface area contributed by atoms with Crippen molar-refractivity contribution in [1.82, 2.24) is 15.6 Å². The smallest absolute Gasteiger partial charge is 0.337 e. The minimum absolute atomic E-state index is 0.116. The highest BCUT2D eigenvalue weighted by Crippen LogP contribution is 2.23. The fourth-order valence-electron chi connectivity index (χ4n) is 3.11. The van der Waals surface area contributed by atoms with Gasteiger partial charge in [-0.15, -0.1) is 5.10 Å². The first-order valence-electron chi connectivity index (χ1n) is 9.37. The van der Waals surface area contributed by atoms with Crippen molar-refractivity contribution < 1.29 is 14.5 Å². The first-order valence-corrected chi connectivity index (χ1v) is 10.7. The number of thioether (sulfide) groups is 1. The maximum Gasteiger partial charge on any atom is 0.337 e. The van der Waals surface area contributed by atoms with Crippen molar-refractivity contribution in [3.8, 4) is 17.1 Å². The Morgan fingerprint density at radius 3 is 2.94 bits per heavy atom. The second kappa shape index (κ2) is 9.20. The molecule has 31 heavy (non-hydrogen) atoms. The molecule has 3 aromatic carbocycles. The first-order chi connectivity index (χ1) is 15.0. The molecule has 0 bridgehead atoms. The summed E-state index contributed by atoms with van der Waals surface area (Å²) < 4.78 is 1.85. The van der Waals surface area contributed by atoms with Gasteiger partial charge in [0.25, 0.3) is 11.7 Å². The van der Waals surface area contributed by atoms with Crippen LogP contribution in [0.2, 0.25) is 5.02 Å². The molecular weight excluding hydrogens is 434 g/mol. The molecule has 1 heterocycles. The molecule has 1 aromatic heterocycles. The van der Waals surface area contributed by atoms with E-state index in [1.54, 1.807) is 12.1 Å². The zero-order valence-electron chi connectivity index (χ0n) is 16.5. The number of benzene rings is 3. The van der Waals surface area contributed by atoms with Crippen LogP contribution in [0.3, 0.4) is 0 Å². The van der Waals surface area contributed by atoms with Crippen LogP contribution in [0.5, 0.6) is 5.75 Å². The Labute approximate surface area is 187 Å². The van der Waals surface area contributed by atoms with Gasteiger partial charge < -0.3 is 5.11 Å². The van der Waals surface area contributed by atoms with E-state index in [1.807, 2.05) is 54.1 Å². The van der Waals surface area contributed by atoms with Crippen LogP contribution in [0.25, 0.3) is 22.2 Å². The molecule has 0 aliphatic heterocycles. The topological polar surface area (TPSA) is 97.1 Å². The largest absolute Gasteiger partial charge is 0.872 e. The van der Waals surface area contributed by atoms with Gasteiger partial charge in [-0.1, -0.05) is 59.8 Å². The number of aromatic amines is 1. The quantitative estimate of drug-likeness (QED) is 0.204. The SMILES string of the molecule is C[n+]1c(SCC(=O)N/N=C/c2c([O-])ccc3ccccc23)n[nH]c1-c1cccc(Cl)c1. The minimum Gasteiger partial charge on any atom is -0.872 e. The molecule has 9 heteroatoms. The van der Waals surface area contributed by atoms with Crippen molar-refractivity contribution in [3.63, 3.8) is 0 Å². The monoisotopic (exact) mass is 451 g/mol. The molecule has 2 N–H and O–H groups in total. The third kappa shape index (κ3) is 4.70. The summed E-state index contributed by atoms with van der Waals surface area (Å²) in [5.74, 6) is 0.442. The number of fused-ring (bicyclic) bond motifs is 1. The van der Waals surface area contributed by atoms with Crippen LogP contribution in [0.1, 0.15) is 5.56 Å². The van der Waals surface area contributed by atoms with E-state index in [4.69, 9.17) is 11.6 Å². The molecule has 7 nitrogen and oxygen atoms in total. The molecule has 156 valence electrons. The zero-order valence-corrected chi connectivity index (χ0v) is 18.1. The number of carbonyl (C=O) groups is 1. The van der Waals surface area contributed by atoms with Crippen LogP contribution in [0.4, 0.5) is 0 Å². The first kappa shape index (κ1) is 20.9. The highest BCUT2D eigenvalue weighted by Gasteiger charge is 2.20. The lowest BCUT2D eigenvalue weighted by atomic mass is 10.0. The molecule has 0 saturated heterocycles. The third-order valence-electron chi connectivity index (χ3n) is 4.62. The van der Waals surface area contributed by atoms with E-state index in [2.05, 4.69) is 20.7 Å². The van der Waals surface area contributed by atoms with E-state index < -0.39 is 0 Å². The van der Waals surface area contributed by atoms with Gasteiger partial charge in [-0.3, -0.25) is 4.79 Å². The lowest BCUT2D eigenvalue weighted by Gasteiger charge is -2.12. The van der Waals surface area contributed by atoms with Gasteiger partial charge in [0.05, 0.1) is 29.7 Å². The Hall–Kier alpha value is -3.36. The standard InChI is InChI=1S/C22H18ClN5O2S/c1-28-21(15-6-4-7-16(23)11-15)26-27-22(28)31-13-20(30)25-24-12-18-17-8-3-2-5-14(17)9-10-19(18)29/h2-12H,13H2,1H3,(H2,24,25,29,30). The summed E-state index contributed by atoms with van der Waals surface area (Å²) in [7, 11) is 1.86. The fraction of sp³-hybridized carbons (Fsp3) is 0.0909. The van der Waals surface area contributed by atoms with Crippen LogP contribution >= 0.6 is 23.4 Å². The number of hydrogen-bond acceptors (Lipinski definition) is 5. The second-order valence-corrected chi connectivity index (χ2v) is 8.08. The van der Waals surface area contributed by atoms with Crippen molar-refractivity contribution in [1.29, 1.82) is 0 Å². The normalized spacial score (nSPS) is 11.3. The molecule has 0 atom stereocenters. The number of nitrogens with one attached hydrogen (secondary N) is 2.